The van der Waals surface area contributed by atoms with E-state index < -0.39 is 47.5 Å². The molecular formula is C37H32Cl2F4N16O6. The van der Waals surface area contributed by atoms with Gasteiger partial charge in [0.25, 0.3) is 11.8 Å². The number of alkyl halides is 3. The third-order valence-electron chi connectivity index (χ3n) is 9.64. The van der Waals surface area contributed by atoms with E-state index >= 15 is 0 Å². The lowest BCUT2D eigenvalue weighted by Gasteiger charge is -2.35. The van der Waals surface area contributed by atoms with Crippen molar-refractivity contribution in [3.63, 3.8) is 0 Å². The van der Waals surface area contributed by atoms with Crippen LogP contribution in [-0.2, 0) is 28.9 Å². The van der Waals surface area contributed by atoms with Crippen molar-refractivity contribution < 1.29 is 47.0 Å². The first-order valence-electron chi connectivity index (χ1n) is 19.1. The molecule has 0 unspecified atom stereocenters. The monoisotopic (exact) mass is 942 g/mol. The van der Waals surface area contributed by atoms with E-state index in [1.165, 1.54) is 17.3 Å². The van der Waals surface area contributed by atoms with E-state index in [4.69, 9.17) is 33.4 Å². The first-order valence-corrected chi connectivity index (χ1v) is 19.8. The van der Waals surface area contributed by atoms with E-state index in [-0.39, 0.29) is 50.3 Å². The quantitative estimate of drug-likeness (QED) is 0.187. The van der Waals surface area contributed by atoms with Crippen LogP contribution < -0.4 is 9.80 Å². The second-order valence-corrected chi connectivity index (χ2v) is 14.8. The SMILES string of the molecule is O=C(O)Cn1nnc(-c2cnc(N3CCN(C(=O)c4cc(Cl)ccc4Cl)CC3)nc2)n1.O=C(O)Cn1nnc(-c2cnc(N3CCN(C(=O)c4cccc(F)c4C(F)(F)F)CC3)nc2)n1. The minimum absolute atomic E-state index is 0.0861. The number of carbonyl (C=O) groups is 4. The van der Waals surface area contributed by atoms with Gasteiger partial charge in [-0.15, -0.1) is 20.4 Å². The van der Waals surface area contributed by atoms with Crippen molar-refractivity contribution in [2.24, 2.45) is 0 Å². The van der Waals surface area contributed by atoms with E-state index in [0.29, 0.717) is 70.9 Å². The van der Waals surface area contributed by atoms with Gasteiger partial charge in [0.1, 0.15) is 11.4 Å². The molecule has 65 heavy (non-hydrogen) atoms. The molecule has 2 N–H and O–H groups in total. The number of carbonyl (C=O) groups excluding carboxylic acids is 2. The molecule has 0 radical (unpaired) electrons. The Morgan fingerprint density at radius 1 is 0.631 bits per heavy atom. The number of anilines is 2. The predicted molar refractivity (Wildman–Crippen MR) is 217 cm³/mol. The molecule has 338 valence electrons. The van der Waals surface area contributed by atoms with Gasteiger partial charge in [0.05, 0.1) is 27.3 Å². The Bertz CT molecular complexity index is 2690. The molecule has 22 nitrogen and oxygen atoms in total. The Balaban J connectivity index is 0.000000195. The molecule has 6 aromatic rings. The molecule has 2 aliphatic heterocycles. The fourth-order valence-corrected chi connectivity index (χ4v) is 6.88. The molecule has 0 spiro atoms. The maximum Gasteiger partial charge on any atom is 0.420 e. The summed E-state index contributed by atoms with van der Waals surface area (Å²) >= 11 is 12.1. The fourth-order valence-electron chi connectivity index (χ4n) is 6.51. The number of carboxylic acids is 2. The summed E-state index contributed by atoms with van der Waals surface area (Å²) in [7, 11) is 0. The number of benzene rings is 2. The van der Waals surface area contributed by atoms with Gasteiger partial charge in [0.15, 0.2) is 13.1 Å². The maximum absolute atomic E-state index is 13.8. The normalized spacial score (nSPS) is 14.2. The second kappa shape index (κ2) is 19.5. The highest BCUT2D eigenvalue weighted by molar-refractivity contribution is 6.35. The van der Waals surface area contributed by atoms with Crippen LogP contribution in [0, 0.1) is 5.82 Å². The molecule has 4 aromatic heterocycles. The standard InChI is InChI=1S/C19H16F4N8O3.C18H16Cl2N8O3/c20-13-3-1-2-12(15(13)19(21,22)23)17(34)29-4-6-30(7-5-29)18-24-8-11(9-25-18)16-26-28-31(27-16)10-14(32)33;19-12-1-2-14(20)13(7-12)17(31)26-3-5-27(6-4-26)18-21-8-11(9-22-18)16-23-25-28(24-16)10-15(29)30/h1-3,8-9H,4-7,10H2,(H,32,33);1-2,7-9H,3-6,10H2,(H,29,30). The molecule has 0 atom stereocenters. The van der Waals surface area contributed by atoms with Crippen molar-refractivity contribution >= 4 is 58.9 Å². The summed E-state index contributed by atoms with van der Waals surface area (Å²) in [6.07, 6.45) is 0.942. The number of hydrogen-bond donors (Lipinski definition) is 2. The summed E-state index contributed by atoms with van der Waals surface area (Å²) in [6.45, 7) is 1.90. The van der Waals surface area contributed by atoms with E-state index in [1.807, 2.05) is 4.90 Å². The van der Waals surface area contributed by atoms with Crippen LogP contribution in [0.15, 0.2) is 61.2 Å². The number of halogens is 6. The Hall–Kier alpha value is -7.48. The zero-order valence-corrected chi connectivity index (χ0v) is 34.8. The van der Waals surface area contributed by atoms with Crippen LogP contribution in [0.5, 0.6) is 0 Å². The van der Waals surface area contributed by atoms with Crippen LogP contribution >= 0.6 is 23.2 Å². The number of piperazine rings is 2. The minimum Gasteiger partial charge on any atom is -0.480 e. The van der Waals surface area contributed by atoms with Gasteiger partial charge in [0.2, 0.25) is 23.5 Å². The number of carboxylic acid groups (broad SMARTS) is 2. The molecule has 0 aliphatic carbocycles. The molecule has 2 amide bonds. The number of aromatic nitrogens is 12. The van der Waals surface area contributed by atoms with Crippen molar-refractivity contribution in [3.8, 4) is 22.8 Å². The molecule has 8 rings (SSSR count). The highest BCUT2D eigenvalue weighted by atomic mass is 35.5. The zero-order chi connectivity index (χ0) is 46.4. The molecule has 2 aromatic carbocycles. The Morgan fingerprint density at radius 2 is 1.08 bits per heavy atom. The third-order valence-corrected chi connectivity index (χ3v) is 10.2. The molecule has 6 heterocycles. The minimum atomic E-state index is -5.00. The van der Waals surface area contributed by atoms with E-state index in [2.05, 4.69) is 50.8 Å². The molecule has 0 saturated carbocycles. The lowest BCUT2D eigenvalue weighted by atomic mass is 10.0. The molecule has 28 heteroatoms. The number of tetrazole rings is 2. The van der Waals surface area contributed by atoms with Gasteiger partial charge in [-0.1, -0.05) is 29.3 Å². The first kappa shape index (κ1) is 45.5. The molecule has 0 bridgehead atoms. The molecule has 2 aliphatic rings. The lowest BCUT2D eigenvalue weighted by Crippen LogP contribution is -2.49. The Morgan fingerprint density at radius 3 is 1.51 bits per heavy atom. The third kappa shape index (κ3) is 11.0. The summed E-state index contributed by atoms with van der Waals surface area (Å²) in [4.78, 5) is 72.5. The number of nitrogens with zero attached hydrogens (tertiary/aromatic N) is 16. The predicted octanol–water partition coefficient (Wildman–Crippen LogP) is 2.82. The van der Waals surface area contributed by atoms with Gasteiger partial charge in [-0.05, 0) is 40.8 Å². The maximum atomic E-state index is 13.8. The average molecular weight is 944 g/mol. The zero-order valence-electron chi connectivity index (χ0n) is 33.3. The smallest absolute Gasteiger partial charge is 0.420 e. The van der Waals surface area contributed by atoms with Crippen LogP contribution in [-0.4, -0.2) is 156 Å². The summed E-state index contributed by atoms with van der Waals surface area (Å²) < 4.78 is 53.6. The summed E-state index contributed by atoms with van der Waals surface area (Å²) in [5.41, 5.74) is -1.00. The van der Waals surface area contributed by atoms with Crippen molar-refractivity contribution in [3.05, 3.63) is 93.7 Å². The number of amides is 2. The van der Waals surface area contributed by atoms with Crippen molar-refractivity contribution in [1.29, 1.82) is 0 Å². The Labute approximate surface area is 373 Å². The van der Waals surface area contributed by atoms with Crippen LogP contribution in [0.4, 0.5) is 29.5 Å². The summed E-state index contributed by atoms with van der Waals surface area (Å²) in [5.74, 6) is -3.56. The van der Waals surface area contributed by atoms with Gasteiger partial charge in [-0.2, -0.15) is 22.8 Å². The van der Waals surface area contributed by atoms with Crippen molar-refractivity contribution in [1.82, 2.24) is 70.2 Å². The van der Waals surface area contributed by atoms with Crippen LogP contribution in [0.25, 0.3) is 22.8 Å². The van der Waals surface area contributed by atoms with Gasteiger partial charge < -0.3 is 29.8 Å². The van der Waals surface area contributed by atoms with Gasteiger partial charge in [0, 0.05) is 82.2 Å². The fraction of sp³-hybridized carbons (Fsp3) is 0.297. The Kier molecular flexibility index (Phi) is 13.7. The van der Waals surface area contributed by atoms with E-state index in [1.54, 1.807) is 40.4 Å². The van der Waals surface area contributed by atoms with Crippen LogP contribution in [0.1, 0.15) is 26.3 Å². The average Bonchev–Trinajstić information content (AvgIpc) is 3.96. The van der Waals surface area contributed by atoms with Crippen LogP contribution in [0.3, 0.4) is 0 Å². The van der Waals surface area contributed by atoms with E-state index in [9.17, 15) is 36.7 Å². The molecular weight excluding hydrogens is 911 g/mol. The second-order valence-electron chi connectivity index (χ2n) is 14.0. The largest absolute Gasteiger partial charge is 0.480 e. The van der Waals surface area contributed by atoms with Gasteiger partial charge in [-0.25, -0.2) is 24.3 Å². The lowest BCUT2D eigenvalue weighted by molar-refractivity contribution is -0.140. The van der Waals surface area contributed by atoms with E-state index in [0.717, 1.165) is 21.7 Å². The molecule has 2 saturated heterocycles. The first-order chi connectivity index (χ1) is 31.0. The number of rotatable bonds is 10. The summed E-state index contributed by atoms with van der Waals surface area (Å²) in [5, 5.41) is 41.1. The van der Waals surface area contributed by atoms with Crippen molar-refractivity contribution in [2.75, 3.05) is 62.2 Å². The highest BCUT2D eigenvalue weighted by Gasteiger charge is 2.40. The topological polar surface area (TPSA) is 260 Å². The molecule has 2 fully saturated rings. The summed E-state index contributed by atoms with van der Waals surface area (Å²) in [6, 6.07) is 7.52. The van der Waals surface area contributed by atoms with Crippen molar-refractivity contribution in [2.45, 2.75) is 19.3 Å². The van der Waals surface area contributed by atoms with Gasteiger partial charge >= 0.3 is 18.1 Å². The highest BCUT2D eigenvalue weighted by Crippen LogP contribution is 2.35. The number of aliphatic carboxylic acids is 2. The number of hydrogen-bond acceptors (Lipinski definition) is 16. The van der Waals surface area contributed by atoms with Crippen LogP contribution in [0.2, 0.25) is 10.0 Å². The van der Waals surface area contributed by atoms with Gasteiger partial charge in [-0.3, -0.25) is 19.2 Å².